The normalized spacial score (nSPS) is 14.2. The van der Waals surface area contributed by atoms with Gasteiger partial charge in [0, 0.05) is 43.6 Å². The van der Waals surface area contributed by atoms with Gasteiger partial charge < -0.3 is 15.0 Å². The van der Waals surface area contributed by atoms with Crippen LogP contribution < -0.4 is 10.1 Å². The molecule has 0 aliphatic carbocycles. The molecule has 1 aromatic heterocycles. The number of likely N-dealkylation sites (tertiary alicyclic amines) is 1. The fraction of sp³-hybridized carbons (Fsp3) is 0.391. The van der Waals surface area contributed by atoms with Crippen LogP contribution in [0, 0.1) is 5.92 Å². The molecule has 2 amide bonds. The zero-order chi connectivity index (χ0) is 21.3. The van der Waals surface area contributed by atoms with E-state index in [1.54, 1.807) is 47.5 Å². The molecule has 1 aliphatic rings. The van der Waals surface area contributed by atoms with Gasteiger partial charge in [-0.15, -0.1) is 0 Å². The van der Waals surface area contributed by atoms with Gasteiger partial charge in [-0.3, -0.25) is 14.4 Å². The lowest BCUT2D eigenvalue weighted by molar-refractivity contribution is -0.134. The maximum absolute atomic E-state index is 12.5. The van der Waals surface area contributed by atoms with Gasteiger partial charge in [0.25, 0.3) is 0 Å². The van der Waals surface area contributed by atoms with Crippen molar-refractivity contribution in [3.05, 3.63) is 54.2 Å². The molecule has 1 fully saturated rings. The van der Waals surface area contributed by atoms with Crippen molar-refractivity contribution in [2.45, 2.75) is 32.6 Å². The van der Waals surface area contributed by atoms with Gasteiger partial charge in [0.1, 0.15) is 11.6 Å². The van der Waals surface area contributed by atoms with Gasteiger partial charge in [-0.1, -0.05) is 6.07 Å². The predicted octanol–water partition coefficient (Wildman–Crippen LogP) is 3.32. The van der Waals surface area contributed by atoms with E-state index in [4.69, 9.17) is 4.74 Å². The van der Waals surface area contributed by atoms with Crippen molar-refractivity contribution >= 4 is 23.4 Å². The van der Waals surface area contributed by atoms with Crippen molar-refractivity contribution in [1.29, 1.82) is 0 Å². The second-order valence-corrected chi connectivity index (χ2v) is 7.24. The van der Waals surface area contributed by atoms with Crippen molar-refractivity contribution in [3.63, 3.8) is 0 Å². The van der Waals surface area contributed by atoms with Gasteiger partial charge in [-0.05, 0) is 56.2 Å². The highest BCUT2D eigenvalue weighted by Crippen LogP contribution is 2.20. The summed E-state index contributed by atoms with van der Waals surface area (Å²) in [6, 6.07) is 12.3. The number of ketones is 1. The number of nitrogens with one attached hydrogen (secondary N) is 1. The number of pyridine rings is 1. The molecular formula is C23H27N3O4. The molecule has 1 aromatic carbocycles. The van der Waals surface area contributed by atoms with Crippen LogP contribution in [0.1, 0.15) is 43.0 Å². The minimum atomic E-state index is -0.137. The van der Waals surface area contributed by atoms with Crippen molar-refractivity contribution in [3.8, 4) is 5.75 Å². The van der Waals surface area contributed by atoms with Gasteiger partial charge in [-0.25, -0.2) is 4.98 Å². The van der Waals surface area contributed by atoms with Gasteiger partial charge >= 0.3 is 0 Å². The van der Waals surface area contributed by atoms with Crippen LogP contribution in [0.4, 0.5) is 5.82 Å². The van der Waals surface area contributed by atoms with E-state index in [-0.39, 0.29) is 36.4 Å². The Bertz CT molecular complexity index is 860. The lowest BCUT2D eigenvalue weighted by Gasteiger charge is -2.31. The van der Waals surface area contributed by atoms with Gasteiger partial charge in [0.15, 0.2) is 5.78 Å². The number of hydrogen-bond acceptors (Lipinski definition) is 5. The fourth-order valence-corrected chi connectivity index (χ4v) is 3.48. The molecule has 0 bridgehead atoms. The number of hydrogen-bond donors (Lipinski definition) is 1. The van der Waals surface area contributed by atoms with Gasteiger partial charge in [0.05, 0.1) is 6.61 Å². The summed E-state index contributed by atoms with van der Waals surface area (Å²) in [5.41, 5.74) is 0.580. The number of amides is 2. The van der Waals surface area contributed by atoms with E-state index >= 15 is 0 Å². The smallest absolute Gasteiger partial charge is 0.228 e. The summed E-state index contributed by atoms with van der Waals surface area (Å²) in [5.74, 6) is 0.954. The van der Waals surface area contributed by atoms with Crippen molar-refractivity contribution in [1.82, 2.24) is 9.88 Å². The first-order valence-electron chi connectivity index (χ1n) is 10.3. The summed E-state index contributed by atoms with van der Waals surface area (Å²) in [7, 11) is 0. The predicted molar refractivity (Wildman–Crippen MR) is 113 cm³/mol. The first-order chi connectivity index (χ1) is 14.6. The van der Waals surface area contributed by atoms with Crippen molar-refractivity contribution < 1.29 is 19.1 Å². The molecule has 7 heteroatoms. The maximum Gasteiger partial charge on any atom is 0.228 e. The SMILES string of the molecule is CCOc1ccc(C(=O)CCC(=O)N2CCC(C(=O)Nc3ccccn3)CC2)cc1. The van der Waals surface area contributed by atoms with E-state index in [1.165, 1.54) is 0 Å². The quantitative estimate of drug-likeness (QED) is 0.676. The third-order valence-electron chi connectivity index (χ3n) is 5.19. The minimum absolute atomic E-state index is 0.0436. The molecule has 1 saturated heterocycles. The number of rotatable bonds is 8. The number of ether oxygens (including phenoxy) is 1. The van der Waals surface area contributed by atoms with Crippen molar-refractivity contribution in [2.24, 2.45) is 5.92 Å². The zero-order valence-electron chi connectivity index (χ0n) is 17.2. The summed E-state index contributed by atoms with van der Waals surface area (Å²) in [6.07, 6.45) is 3.20. The molecule has 2 heterocycles. The first-order valence-corrected chi connectivity index (χ1v) is 10.3. The van der Waals surface area contributed by atoms with E-state index in [1.807, 2.05) is 13.0 Å². The van der Waals surface area contributed by atoms with Crippen LogP contribution in [0.3, 0.4) is 0 Å². The van der Waals surface area contributed by atoms with Crippen LogP contribution in [0.15, 0.2) is 48.7 Å². The highest BCUT2D eigenvalue weighted by Gasteiger charge is 2.27. The molecule has 158 valence electrons. The Kier molecular flexibility index (Phi) is 7.54. The molecule has 0 spiro atoms. The van der Waals surface area contributed by atoms with Crippen LogP contribution in [0.2, 0.25) is 0 Å². The molecule has 7 nitrogen and oxygen atoms in total. The highest BCUT2D eigenvalue weighted by atomic mass is 16.5. The van der Waals surface area contributed by atoms with Crippen LogP contribution in [-0.4, -0.2) is 47.2 Å². The topological polar surface area (TPSA) is 88.6 Å². The molecule has 2 aromatic rings. The Balaban J connectivity index is 1.41. The summed E-state index contributed by atoms with van der Waals surface area (Å²) in [5, 5.41) is 2.82. The van der Waals surface area contributed by atoms with Gasteiger partial charge in [-0.2, -0.15) is 0 Å². The molecule has 0 atom stereocenters. The number of carbonyl (C=O) groups excluding carboxylic acids is 3. The Hall–Kier alpha value is -3.22. The Morgan fingerprint density at radius 3 is 2.43 bits per heavy atom. The number of benzene rings is 1. The number of carbonyl (C=O) groups is 3. The molecule has 3 rings (SSSR count). The number of nitrogens with zero attached hydrogens (tertiary/aromatic N) is 2. The monoisotopic (exact) mass is 409 g/mol. The van der Waals surface area contributed by atoms with E-state index in [0.717, 1.165) is 5.75 Å². The molecule has 0 radical (unpaired) electrons. The van der Waals surface area contributed by atoms with E-state index in [0.29, 0.717) is 43.9 Å². The van der Waals surface area contributed by atoms with E-state index in [9.17, 15) is 14.4 Å². The standard InChI is InChI=1S/C23H27N3O4/c1-2-30-19-8-6-17(7-9-19)20(27)10-11-22(28)26-15-12-18(13-16-26)23(29)25-21-5-3-4-14-24-21/h3-9,14,18H,2,10-13,15-16H2,1H3,(H,24,25,29). The Morgan fingerprint density at radius 2 is 1.80 bits per heavy atom. The fourth-order valence-electron chi connectivity index (χ4n) is 3.48. The average molecular weight is 409 g/mol. The van der Waals surface area contributed by atoms with Crippen LogP contribution in [0.25, 0.3) is 0 Å². The second kappa shape index (κ2) is 10.5. The molecule has 0 unspecified atom stereocenters. The molecule has 1 N–H and O–H groups in total. The Morgan fingerprint density at radius 1 is 1.07 bits per heavy atom. The lowest BCUT2D eigenvalue weighted by atomic mass is 9.95. The molecule has 1 aliphatic heterocycles. The summed E-state index contributed by atoms with van der Waals surface area (Å²) < 4.78 is 5.37. The third kappa shape index (κ3) is 5.89. The average Bonchev–Trinajstić information content (AvgIpc) is 2.78. The van der Waals surface area contributed by atoms with Gasteiger partial charge in [0.2, 0.25) is 11.8 Å². The van der Waals surface area contributed by atoms with Crippen LogP contribution >= 0.6 is 0 Å². The second-order valence-electron chi connectivity index (χ2n) is 7.24. The largest absolute Gasteiger partial charge is 0.494 e. The lowest BCUT2D eigenvalue weighted by Crippen LogP contribution is -2.41. The summed E-state index contributed by atoms with van der Waals surface area (Å²) >= 11 is 0. The number of piperidine rings is 1. The highest BCUT2D eigenvalue weighted by molar-refractivity contribution is 5.98. The minimum Gasteiger partial charge on any atom is -0.494 e. The van der Waals surface area contributed by atoms with Crippen LogP contribution in [0.5, 0.6) is 5.75 Å². The number of Topliss-reactive ketones (excluding diaryl/α,β-unsaturated/α-hetero) is 1. The first kappa shape index (κ1) is 21.5. The van der Waals surface area contributed by atoms with Crippen molar-refractivity contribution in [2.75, 3.05) is 25.0 Å². The number of anilines is 1. The summed E-state index contributed by atoms with van der Waals surface area (Å²) in [6.45, 7) is 3.52. The number of aromatic nitrogens is 1. The summed E-state index contributed by atoms with van der Waals surface area (Å²) in [4.78, 5) is 43.0. The zero-order valence-corrected chi connectivity index (χ0v) is 17.2. The van der Waals surface area contributed by atoms with E-state index in [2.05, 4.69) is 10.3 Å². The molecular weight excluding hydrogens is 382 g/mol. The Labute approximate surface area is 176 Å². The van der Waals surface area contributed by atoms with E-state index < -0.39 is 0 Å². The molecule has 30 heavy (non-hydrogen) atoms. The third-order valence-corrected chi connectivity index (χ3v) is 5.19. The van der Waals surface area contributed by atoms with Crippen LogP contribution in [-0.2, 0) is 9.59 Å². The molecule has 0 saturated carbocycles. The maximum atomic E-state index is 12.5.